The summed E-state index contributed by atoms with van der Waals surface area (Å²) in [6, 6.07) is 77.2. The third-order valence-corrected chi connectivity index (χ3v) is 11.6. The summed E-state index contributed by atoms with van der Waals surface area (Å²) in [6.07, 6.45) is 0. The summed E-state index contributed by atoms with van der Waals surface area (Å²) < 4.78 is 2.64. The van der Waals surface area contributed by atoms with Gasteiger partial charge in [0.1, 0.15) is 0 Å². The first-order valence-electron chi connectivity index (χ1n) is 18.4. The second-order valence-electron chi connectivity index (χ2n) is 13.7. The largest absolute Gasteiger partial charge is 0.309 e. The molecule has 54 heavy (non-hydrogen) atoms. The third kappa shape index (κ3) is 5.74. The number of thiophene rings is 1. The molecule has 2 heteroatoms. The van der Waals surface area contributed by atoms with Crippen LogP contribution in [0.1, 0.15) is 0 Å². The van der Waals surface area contributed by atoms with Gasteiger partial charge in [0.2, 0.25) is 0 Å². The van der Waals surface area contributed by atoms with E-state index < -0.39 is 0 Å². The maximum absolute atomic E-state index is 2.44. The summed E-state index contributed by atoms with van der Waals surface area (Å²) in [4.78, 5) is 2.44. The van der Waals surface area contributed by atoms with Gasteiger partial charge < -0.3 is 4.90 Å². The molecule has 0 bridgehead atoms. The van der Waals surface area contributed by atoms with E-state index in [1.807, 2.05) is 11.3 Å². The van der Waals surface area contributed by atoms with Crippen molar-refractivity contribution in [2.75, 3.05) is 4.90 Å². The molecular formula is C52H35NS. The van der Waals surface area contributed by atoms with Gasteiger partial charge >= 0.3 is 0 Å². The van der Waals surface area contributed by atoms with Crippen molar-refractivity contribution in [2.45, 2.75) is 0 Å². The van der Waals surface area contributed by atoms with Gasteiger partial charge in [0.05, 0.1) is 11.4 Å². The van der Waals surface area contributed by atoms with Gasteiger partial charge in [-0.15, -0.1) is 11.3 Å². The normalized spacial score (nSPS) is 11.3. The minimum atomic E-state index is 1.10. The molecule has 0 radical (unpaired) electrons. The fourth-order valence-electron chi connectivity index (χ4n) is 7.86. The monoisotopic (exact) mass is 705 g/mol. The summed E-state index contributed by atoms with van der Waals surface area (Å²) in [5.74, 6) is 0. The van der Waals surface area contributed by atoms with Gasteiger partial charge in [-0.05, 0) is 80.6 Å². The lowest BCUT2D eigenvalue weighted by molar-refractivity contribution is 1.28. The number of anilines is 3. The van der Waals surface area contributed by atoms with Crippen LogP contribution in [0, 0.1) is 0 Å². The molecule has 0 N–H and O–H groups in total. The molecule has 1 aromatic heterocycles. The molecule has 0 saturated heterocycles. The summed E-state index contributed by atoms with van der Waals surface area (Å²) in [6.45, 7) is 0. The number of nitrogens with zero attached hydrogens (tertiary/aromatic N) is 1. The van der Waals surface area contributed by atoms with Crippen LogP contribution in [0.15, 0.2) is 212 Å². The predicted octanol–water partition coefficient (Wildman–Crippen LogP) is 15.3. The van der Waals surface area contributed by atoms with Crippen molar-refractivity contribution in [3.8, 4) is 44.5 Å². The van der Waals surface area contributed by atoms with Gasteiger partial charge in [-0.3, -0.25) is 0 Å². The first kappa shape index (κ1) is 32.0. The van der Waals surface area contributed by atoms with E-state index in [2.05, 4.69) is 217 Å². The molecule has 0 saturated carbocycles. The molecule has 0 spiro atoms. The van der Waals surface area contributed by atoms with Gasteiger partial charge in [0.15, 0.2) is 0 Å². The minimum absolute atomic E-state index is 1.10. The number of benzene rings is 9. The van der Waals surface area contributed by atoms with E-state index in [0.717, 1.165) is 17.1 Å². The highest BCUT2D eigenvalue weighted by Gasteiger charge is 2.21. The predicted molar refractivity (Wildman–Crippen MR) is 233 cm³/mol. The molecule has 1 heterocycles. The van der Waals surface area contributed by atoms with E-state index in [9.17, 15) is 0 Å². The second kappa shape index (κ2) is 13.7. The van der Waals surface area contributed by atoms with E-state index in [1.54, 1.807) is 0 Å². The van der Waals surface area contributed by atoms with Crippen LogP contribution in [-0.2, 0) is 0 Å². The molecule has 0 atom stereocenters. The average molecular weight is 706 g/mol. The van der Waals surface area contributed by atoms with Crippen molar-refractivity contribution in [3.63, 3.8) is 0 Å². The Morgan fingerprint density at radius 3 is 1.63 bits per heavy atom. The lowest BCUT2D eigenvalue weighted by Gasteiger charge is -2.30. The molecule has 1 nitrogen and oxygen atoms in total. The van der Waals surface area contributed by atoms with Crippen LogP contribution < -0.4 is 4.90 Å². The maximum Gasteiger partial charge on any atom is 0.0540 e. The smallest absolute Gasteiger partial charge is 0.0540 e. The van der Waals surface area contributed by atoms with Crippen molar-refractivity contribution in [1.82, 2.24) is 0 Å². The maximum atomic E-state index is 2.44. The van der Waals surface area contributed by atoms with E-state index in [4.69, 9.17) is 0 Å². The highest BCUT2D eigenvalue weighted by molar-refractivity contribution is 7.25. The van der Waals surface area contributed by atoms with Crippen LogP contribution in [0.4, 0.5) is 17.1 Å². The van der Waals surface area contributed by atoms with Crippen LogP contribution in [0.25, 0.3) is 75.5 Å². The Morgan fingerprint density at radius 1 is 0.296 bits per heavy atom. The zero-order valence-electron chi connectivity index (χ0n) is 29.6. The van der Waals surface area contributed by atoms with Crippen molar-refractivity contribution < 1.29 is 0 Å². The van der Waals surface area contributed by atoms with Crippen LogP contribution >= 0.6 is 11.3 Å². The SMILES string of the molecule is c1ccc(-c2ccc(-c3ccccc3N(c3ccc(-c4ccc5c(c4)sc4ccccc45)cc3)c3ccccc3-c3cccc4ccccc34)cc2)cc1. The number of hydrogen-bond donors (Lipinski definition) is 0. The second-order valence-corrected chi connectivity index (χ2v) is 14.8. The van der Waals surface area contributed by atoms with Gasteiger partial charge in [-0.1, -0.05) is 176 Å². The van der Waals surface area contributed by atoms with E-state index in [-0.39, 0.29) is 0 Å². The number of rotatable bonds is 7. The molecule has 0 aliphatic heterocycles. The Balaban J connectivity index is 1.12. The quantitative estimate of drug-likeness (QED) is 0.160. The van der Waals surface area contributed by atoms with Gasteiger partial charge in [0, 0.05) is 37.0 Å². The summed E-state index contributed by atoms with van der Waals surface area (Å²) >= 11 is 1.86. The molecule has 9 aromatic carbocycles. The Labute approximate surface area is 319 Å². The fourth-order valence-corrected chi connectivity index (χ4v) is 9.00. The fraction of sp³-hybridized carbons (Fsp3) is 0. The van der Waals surface area contributed by atoms with Crippen molar-refractivity contribution in [2.24, 2.45) is 0 Å². The zero-order chi connectivity index (χ0) is 35.8. The van der Waals surface area contributed by atoms with E-state index in [1.165, 1.54) is 75.5 Å². The van der Waals surface area contributed by atoms with Gasteiger partial charge in [-0.25, -0.2) is 0 Å². The standard InChI is InChI=1S/C52H35NS/c1-2-13-36(14-3-1)37-25-27-40(28-26-37)44-18-6-9-22-49(44)53(50-23-10-7-19-46(50)45-21-12-16-39-15-4-5-17-43(39)45)42-32-29-38(30-33-42)41-31-34-48-47-20-8-11-24-51(47)54-52(48)35-41/h1-35H. The summed E-state index contributed by atoms with van der Waals surface area (Å²) in [5.41, 5.74) is 12.9. The number of fused-ring (bicyclic) bond motifs is 4. The lowest BCUT2D eigenvalue weighted by atomic mass is 9.95. The lowest BCUT2D eigenvalue weighted by Crippen LogP contribution is -2.12. The Bertz CT molecular complexity index is 2920. The number of para-hydroxylation sites is 2. The molecule has 0 aliphatic carbocycles. The van der Waals surface area contributed by atoms with Crippen molar-refractivity contribution >= 4 is 59.3 Å². The van der Waals surface area contributed by atoms with E-state index >= 15 is 0 Å². The highest BCUT2D eigenvalue weighted by Crippen LogP contribution is 2.46. The summed E-state index contributed by atoms with van der Waals surface area (Å²) in [5, 5.41) is 5.12. The van der Waals surface area contributed by atoms with Crippen LogP contribution in [0.5, 0.6) is 0 Å². The molecule has 10 aromatic rings. The Hall–Kier alpha value is -6.74. The van der Waals surface area contributed by atoms with Crippen molar-refractivity contribution in [1.29, 1.82) is 0 Å². The molecule has 0 fully saturated rings. The first-order valence-corrected chi connectivity index (χ1v) is 19.2. The molecule has 10 rings (SSSR count). The van der Waals surface area contributed by atoms with Gasteiger partial charge in [0.25, 0.3) is 0 Å². The van der Waals surface area contributed by atoms with Crippen molar-refractivity contribution in [3.05, 3.63) is 212 Å². The minimum Gasteiger partial charge on any atom is -0.309 e. The van der Waals surface area contributed by atoms with Crippen LogP contribution in [-0.4, -0.2) is 0 Å². The average Bonchev–Trinajstić information content (AvgIpc) is 3.63. The first-order chi connectivity index (χ1) is 26.8. The molecular weight excluding hydrogens is 671 g/mol. The Morgan fingerprint density at radius 2 is 0.815 bits per heavy atom. The molecule has 0 amide bonds. The zero-order valence-corrected chi connectivity index (χ0v) is 30.4. The highest BCUT2D eigenvalue weighted by atomic mass is 32.1. The van der Waals surface area contributed by atoms with Gasteiger partial charge in [-0.2, -0.15) is 0 Å². The Kier molecular flexibility index (Phi) is 8.09. The number of hydrogen-bond acceptors (Lipinski definition) is 2. The topological polar surface area (TPSA) is 3.24 Å². The van der Waals surface area contributed by atoms with Crippen LogP contribution in [0.3, 0.4) is 0 Å². The summed E-state index contributed by atoms with van der Waals surface area (Å²) in [7, 11) is 0. The third-order valence-electron chi connectivity index (χ3n) is 10.5. The van der Waals surface area contributed by atoms with E-state index in [0.29, 0.717) is 0 Å². The molecule has 0 unspecified atom stereocenters. The van der Waals surface area contributed by atoms with Crippen LogP contribution in [0.2, 0.25) is 0 Å². The molecule has 0 aliphatic rings. The molecule has 254 valence electrons.